The van der Waals surface area contributed by atoms with Gasteiger partial charge in [-0.3, -0.25) is 4.79 Å². The highest BCUT2D eigenvalue weighted by molar-refractivity contribution is 7.99. The van der Waals surface area contributed by atoms with Crippen molar-refractivity contribution in [2.45, 2.75) is 13.8 Å². The van der Waals surface area contributed by atoms with Gasteiger partial charge in [0.05, 0.1) is 19.0 Å². The Balaban J connectivity index is 3.24. The molecule has 0 saturated carbocycles. The number of alkyl carbamates (subject to hydrolysis) is 1. The number of carbonyl (C=O) groups excluding carboxylic acids is 2. The second-order valence-electron chi connectivity index (χ2n) is 2.50. The molecule has 0 heterocycles. The number of esters is 1. The minimum absolute atomic E-state index is 0.223. The predicted molar refractivity (Wildman–Crippen MR) is 59.0 cm³/mol. The van der Waals surface area contributed by atoms with Gasteiger partial charge in [0.2, 0.25) is 0 Å². The average molecular weight is 235 g/mol. The lowest BCUT2D eigenvalue weighted by Gasteiger charge is -2.04. The maximum atomic E-state index is 10.9. The zero-order valence-corrected chi connectivity index (χ0v) is 9.89. The summed E-state index contributed by atoms with van der Waals surface area (Å²) in [5.41, 5.74) is 0. The van der Waals surface area contributed by atoms with Crippen LogP contribution in [0.1, 0.15) is 13.8 Å². The summed E-state index contributed by atoms with van der Waals surface area (Å²) in [5.74, 6) is 0.759. The molecule has 0 aromatic carbocycles. The molecule has 0 unspecified atom stereocenters. The summed E-state index contributed by atoms with van der Waals surface area (Å²) in [6.07, 6.45) is -0.422. The van der Waals surface area contributed by atoms with Gasteiger partial charge in [0, 0.05) is 12.3 Å². The van der Waals surface area contributed by atoms with E-state index in [0.29, 0.717) is 31.3 Å². The highest BCUT2D eigenvalue weighted by atomic mass is 32.2. The number of hydrogen-bond donors (Lipinski definition) is 1. The van der Waals surface area contributed by atoms with Crippen LogP contribution in [0.2, 0.25) is 0 Å². The monoisotopic (exact) mass is 235 g/mol. The summed E-state index contributed by atoms with van der Waals surface area (Å²) in [6, 6.07) is 0. The summed E-state index contributed by atoms with van der Waals surface area (Å²) in [5, 5.41) is 2.56. The van der Waals surface area contributed by atoms with E-state index in [-0.39, 0.29) is 5.97 Å². The maximum absolute atomic E-state index is 10.9. The topological polar surface area (TPSA) is 64.6 Å². The highest BCUT2D eigenvalue weighted by Gasteiger charge is 2.02. The van der Waals surface area contributed by atoms with E-state index in [9.17, 15) is 9.59 Å². The van der Waals surface area contributed by atoms with Gasteiger partial charge >= 0.3 is 12.1 Å². The van der Waals surface area contributed by atoms with Crippen LogP contribution in [-0.2, 0) is 14.3 Å². The number of amides is 1. The first-order valence-corrected chi connectivity index (χ1v) is 6.00. The molecule has 0 aliphatic carbocycles. The van der Waals surface area contributed by atoms with Crippen LogP contribution >= 0.6 is 11.8 Å². The molecule has 88 valence electrons. The summed E-state index contributed by atoms with van der Waals surface area (Å²) < 4.78 is 9.39. The van der Waals surface area contributed by atoms with Crippen molar-refractivity contribution in [2.75, 3.05) is 31.3 Å². The van der Waals surface area contributed by atoms with Gasteiger partial charge in [-0.05, 0) is 13.8 Å². The molecular weight excluding hydrogens is 218 g/mol. The van der Waals surface area contributed by atoms with Crippen molar-refractivity contribution in [1.82, 2.24) is 5.32 Å². The minimum Gasteiger partial charge on any atom is -0.465 e. The molecule has 0 aliphatic heterocycles. The second-order valence-corrected chi connectivity index (χ2v) is 3.61. The Morgan fingerprint density at radius 1 is 1.20 bits per heavy atom. The van der Waals surface area contributed by atoms with Gasteiger partial charge in [0.15, 0.2) is 0 Å². The molecule has 0 spiro atoms. The van der Waals surface area contributed by atoms with Crippen LogP contribution in [0.25, 0.3) is 0 Å². The van der Waals surface area contributed by atoms with Gasteiger partial charge in [0.25, 0.3) is 0 Å². The smallest absolute Gasteiger partial charge is 0.407 e. The van der Waals surface area contributed by atoms with Crippen LogP contribution < -0.4 is 5.32 Å². The SMILES string of the molecule is CCOC(=O)CSCCNC(=O)OCC. The molecule has 0 aliphatic rings. The first kappa shape index (κ1) is 14.1. The van der Waals surface area contributed by atoms with Crippen molar-refractivity contribution >= 4 is 23.8 Å². The molecule has 15 heavy (non-hydrogen) atoms. The van der Waals surface area contributed by atoms with Crippen LogP contribution in [0.4, 0.5) is 4.79 Å². The molecule has 0 rings (SSSR count). The van der Waals surface area contributed by atoms with Gasteiger partial charge in [-0.1, -0.05) is 0 Å². The molecule has 0 aromatic heterocycles. The quantitative estimate of drug-likeness (QED) is 0.527. The largest absolute Gasteiger partial charge is 0.465 e. The fourth-order valence-corrected chi connectivity index (χ4v) is 1.41. The standard InChI is InChI=1S/C9H17NO4S/c1-3-13-8(11)7-15-6-5-10-9(12)14-4-2/h3-7H2,1-2H3,(H,10,12). The molecule has 0 radical (unpaired) electrons. The number of hydrogen-bond acceptors (Lipinski definition) is 5. The van der Waals surface area contributed by atoms with Crippen molar-refractivity contribution in [3.63, 3.8) is 0 Å². The Hall–Kier alpha value is -0.910. The Kier molecular flexibility index (Phi) is 9.05. The molecule has 0 saturated heterocycles. The van der Waals surface area contributed by atoms with Crippen molar-refractivity contribution in [2.24, 2.45) is 0 Å². The normalized spacial score (nSPS) is 9.47. The van der Waals surface area contributed by atoms with Crippen molar-refractivity contribution in [3.8, 4) is 0 Å². The Labute approximate surface area is 93.9 Å². The van der Waals surface area contributed by atoms with Crippen LogP contribution in [0.15, 0.2) is 0 Å². The van der Waals surface area contributed by atoms with E-state index in [4.69, 9.17) is 4.74 Å². The fraction of sp³-hybridized carbons (Fsp3) is 0.778. The Morgan fingerprint density at radius 3 is 2.47 bits per heavy atom. The third kappa shape index (κ3) is 9.40. The van der Waals surface area contributed by atoms with E-state index in [1.807, 2.05) is 0 Å². The van der Waals surface area contributed by atoms with E-state index in [0.717, 1.165) is 0 Å². The third-order valence-corrected chi connectivity index (χ3v) is 2.25. The van der Waals surface area contributed by atoms with Gasteiger partial charge in [-0.25, -0.2) is 4.79 Å². The molecule has 0 atom stereocenters. The van der Waals surface area contributed by atoms with Crippen molar-refractivity contribution < 1.29 is 19.1 Å². The van der Waals surface area contributed by atoms with E-state index >= 15 is 0 Å². The summed E-state index contributed by atoms with van der Waals surface area (Å²) in [7, 11) is 0. The zero-order valence-electron chi connectivity index (χ0n) is 9.08. The molecule has 1 N–H and O–H groups in total. The minimum atomic E-state index is -0.422. The van der Waals surface area contributed by atoms with Gasteiger partial charge in [-0.15, -0.1) is 11.8 Å². The van der Waals surface area contributed by atoms with Crippen LogP contribution in [0.5, 0.6) is 0 Å². The van der Waals surface area contributed by atoms with Crippen LogP contribution in [0.3, 0.4) is 0 Å². The zero-order chi connectivity index (χ0) is 11.5. The Morgan fingerprint density at radius 2 is 1.87 bits per heavy atom. The van der Waals surface area contributed by atoms with E-state index < -0.39 is 6.09 Å². The molecule has 0 aromatic rings. The van der Waals surface area contributed by atoms with E-state index in [2.05, 4.69) is 10.1 Å². The number of carbonyl (C=O) groups is 2. The van der Waals surface area contributed by atoms with Crippen LogP contribution in [-0.4, -0.2) is 43.3 Å². The summed E-state index contributed by atoms with van der Waals surface area (Å²) >= 11 is 1.42. The second kappa shape index (κ2) is 9.64. The van der Waals surface area contributed by atoms with Gasteiger partial charge in [0.1, 0.15) is 0 Å². The highest BCUT2D eigenvalue weighted by Crippen LogP contribution is 1.99. The number of rotatable bonds is 7. The molecule has 6 heteroatoms. The fourth-order valence-electron chi connectivity index (χ4n) is 0.766. The van der Waals surface area contributed by atoms with E-state index in [1.165, 1.54) is 11.8 Å². The molecule has 1 amide bonds. The lowest BCUT2D eigenvalue weighted by Crippen LogP contribution is -2.26. The first-order chi connectivity index (χ1) is 7.20. The predicted octanol–water partition coefficient (Wildman–Crippen LogP) is 1.03. The maximum Gasteiger partial charge on any atom is 0.407 e. The Bertz CT molecular complexity index is 179. The lowest BCUT2D eigenvalue weighted by atomic mass is 10.7. The summed E-state index contributed by atoms with van der Waals surface area (Å²) in [6.45, 7) is 4.77. The van der Waals surface area contributed by atoms with Gasteiger partial charge < -0.3 is 14.8 Å². The average Bonchev–Trinajstić information content (AvgIpc) is 2.18. The van der Waals surface area contributed by atoms with E-state index in [1.54, 1.807) is 13.8 Å². The lowest BCUT2D eigenvalue weighted by molar-refractivity contribution is -0.139. The number of nitrogens with one attached hydrogen (secondary N) is 1. The van der Waals surface area contributed by atoms with Gasteiger partial charge in [-0.2, -0.15) is 0 Å². The first-order valence-electron chi connectivity index (χ1n) is 4.84. The summed E-state index contributed by atoms with van der Waals surface area (Å²) in [4.78, 5) is 21.7. The molecule has 0 fully saturated rings. The molecular formula is C9H17NO4S. The van der Waals surface area contributed by atoms with Crippen molar-refractivity contribution in [1.29, 1.82) is 0 Å². The van der Waals surface area contributed by atoms with Crippen molar-refractivity contribution in [3.05, 3.63) is 0 Å². The van der Waals surface area contributed by atoms with Crippen LogP contribution in [0, 0.1) is 0 Å². The molecule has 0 bridgehead atoms. The third-order valence-electron chi connectivity index (χ3n) is 1.32. The molecule has 5 nitrogen and oxygen atoms in total. The number of ether oxygens (including phenoxy) is 2. The number of thioether (sulfide) groups is 1.